The van der Waals surface area contributed by atoms with Crippen LogP contribution < -0.4 is 10.6 Å². The molecule has 2 amide bonds. The summed E-state index contributed by atoms with van der Waals surface area (Å²) in [6, 6.07) is 11.8. The molecule has 2 aromatic heterocycles. The van der Waals surface area contributed by atoms with Gasteiger partial charge in [-0.3, -0.25) is 19.6 Å². The predicted molar refractivity (Wildman–Crippen MR) is 125 cm³/mol. The third kappa shape index (κ3) is 5.58. The molecule has 2 aromatic carbocycles. The van der Waals surface area contributed by atoms with Crippen LogP contribution in [0.1, 0.15) is 31.8 Å². The highest BCUT2D eigenvalue weighted by atomic mass is 32.1. The number of esters is 1. The number of anilines is 1. The van der Waals surface area contributed by atoms with Gasteiger partial charge in [-0.15, -0.1) is 0 Å². The van der Waals surface area contributed by atoms with E-state index in [-0.39, 0.29) is 30.3 Å². The molecule has 2 heterocycles. The quantitative estimate of drug-likeness (QED) is 0.408. The van der Waals surface area contributed by atoms with Crippen molar-refractivity contribution in [3.05, 3.63) is 87.9 Å². The van der Waals surface area contributed by atoms with Crippen molar-refractivity contribution in [3.63, 3.8) is 0 Å². The summed E-state index contributed by atoms with van der Waals surface area (Å²) in [7, 11) is 1.29. The van der Waals surface area contributed by atoms with E-state index in [2.05, 4.69) is 20.6 Å². The van der Waals surface area contributed by atoms with Crippen molar-refractivity contribution in [3.8, 4) is 0 Å². The smallest absolute Gasteiger partial charge is 0.337 e. The fourth-order valence-electron chi connectivity index (χ4n) is 3.27. The van der Waals surface area contributed by atoms with Crippen molar-refractivity contribution >= 4 is 45.8 Å². The number of aromatic nitrogens is 2. The lowest BCUT2D eigenvalue weighted by atomic mass is 10.1. The highest BCUT2D eigenvalue weighted by molar-refractivity contribution is 7.08. The van der Waals surface area contributed by atoms with Crippen molar-refractivity contribution in [2.75, 3.05) is 12.4 Å². The first-order valence-electron chi connectivity index (χ1n) is 10.0. The van der Waals surface area contributed by atoms with Crippen LogP contribution in [0.4, 0.5) is 5.69 Å². The normalized spacial score (nSPS) is 10.6. The molecular weight excluding hydrogens is 440 g/mol. The molecule has 0 unspecified atom stereocenters. The summed E-state index contributed by atoms with van der Waals surface area (Å²) >= 11 is 1.52. The Hall–Kier alpha value is -4.11. The minimum absolute atomic E-state index is 0.148. The molecule has 8 nitrogen and oxygen atoms in total. The summed E-state index contributed by atoms with van der Waals surface area (Å²) in [5, 5.41) is 9.45. The van der Waals surface area contributed by atoms with Gasteiger partial charge in [-0.25, -0.2) is 4.79 Å². The van der Waals surface area contributed by atoms with Crippen molar-refractivity contribution in [1.29, 1.82) is 0 Å². The second-order valence-corrected chi connectivity index (χ2v) is 7.99. The van der Waals surface area contributed by atoms with E-state index in [1.165, 1.54) is 18.4 Å². The topological polar surface area (TPSA) is 110 Å². The maximum Gasteiger partial charge on any atom is 0.337 e. The maximum absolute atomic E-state index is 12.7. The number of fused-ring (bicyclic) bond motifs is 1. The average Bonchev–Trinajstić information content (AvgIpc) is 3.34. The van der Waals surface area contributed by atoms with Crippen LogP contribution in [0.15, 0.2) is 65.6 Å². The molecule has 166 valence electrons. The Labute approximate surface area is 193 Å². The summed E-state index contributed by atoms with van der Waals surface area (Å²) in [4.78, 5) is 45.6. The number of carbonyl (C=O) groups is 3. The van der Waals surface area contributed by atoms with Gasteiger partial charge in [0, 0.05) is 30.2 Å². The van der Waals surface area contributed by atoms with E-state index < -0.39 is 5.97 Å². The van der Waals surface area contributed by atoms with Crippen molar-refractivity contribution in [1.82, 2.24) is 15.3 Å². The Kier molecular flexibility index (Phi) is 6.70. The molecule has 0 radical (unpaired) electrons. The number of nitrogens with zero attached hydrogens (tertiary/aromatic N) is 2. The van der Waals surface area contributed by atoms with Gasteiger partial charge in [0.1, 0.15) is 0 Å². The van der Waals surface area contributed by atoms with Gasteiger partial charge in [-0.05, 0) is 64.4 Å². The Bertz CT molecular complexity index is 1320. The van der Waals surface area contributed by atoms with Gasteiger partial charge in [-0.1, -0.05) is 0 Å². The molecule has 0 aliphatic carbocycles. The molecular formula is C24H20N4O4S. The van der Waals surface area contributed by atoms with E-state index in [1.54, 1.807) is 48.8 Å². The monoisotopic (exact) mass is 460 g/mol. The lowest BCUT2D eigenvalue weighted by Gasteiger charge is -2.11. The average molecular weight is 461 g/mol. The van der Waals surface area contributed by atoms with Gasteiger partial charge in [-0.2, -0.15) is 11.3 Å². The van der Waals surface area contributed by atoms with Gasteiger partial charge in [0.2, 0.25) is 5.91 Å². The van der Waals surface area contributed by atoms with Crippen LogP contribution >= 0.6 is 11.3 Å². The van der Waals surface area contributed by atoms with Crippen LogP contribution in [0.5, 0.6) is 0 Å². The van der Waals surface area contributed by atoms with E-state index in [1.807, 2.05) is 16.8 Å². The van der Waals surface area contributed by atoms with Gasteiger partial charge < -0.3 is 15.4 Å². The maximum atomic E-state index is 12.7. The summed E-state index contributed by atoms with van der Waals surface area (Å²) in [5.74, 6) is -1.04. The van der Waals surface area contributed by atoms with Crippen molar-refractivity contribution in [2.24, 2.45) is 0 Å². The highest BCUT2D eigenvalue weighted by Crippen LogP contribution is 2.18. The fraction of sp³-hybridized carbons (Fsp3) is 0.125. The lowest BCUT2D eigenvalue weighted by molar-refractivity contribution is -0.115. The number of amides is 2. The van der Waals surface area contributed by atoms with E-state index >= 15 is 0 Å². The number of hydrogen-bond donors (Lipinski definition) is 2. The van der Waals surface area contributed by atoms with Crippen LogP contribution in [-0.4, -0.2) is 34.9 Å². The lowest BCUT2D eigenvalue weighted by Crippen LogP contribution is -2.23. The molecule has 2 N–H and O–H groups in total. The van der Waals surface area contributed by atoms with Gasteiger partial charge in [0.05, 0.1) is 30.1 Å². The standard InChI is InChI=1S/C24H20N4O4S/c1-32-24(31)18-8-16(9-19(11-18)28-22(29)10-15-4-7-33-14-15)13-27-23(30)17-2-3-20-21(12-17)26-6-5-25-20/h2-9,11-12,14H,10,13H2,1H3,(H,27,30)(H,28,29). The van der Waals surface area contributed by atoms with E-state index in [0.29, 0.717) is 27.8 Å². The molecule has 0 bridgehead atoms. The number of hydrogen-bond acceptors (Lipinski definition) is 7. The number of carbonyl (C=O) groups excluding carboxylic acids is 3. The minimum Gasteiger partial charge on any atom is -0.465 e. The zero-order valence-electron chi connectivity index (χ0n) is 17.7. The second-order valence-electron chi connectivity index (χ2n) is 7.21. The summed E-state index contributed by atoms with van der Waals surface area (Å²) in [6.07, 6.45) is 3.38. The van der Waals surface area contributed by atoms with Crippen molar-refractivity contribution < 1.29 is 19.1 Å². The molecule has 0 aliphatic rings. The SMILES string of the molecule is COC(=O)c1cc(CNC(=O)c2ccc3nccnc3c2)cc(NC(=O)Cc2ccsc2)c1. The van der Waals surface area contributed by atoms with Gasteiger partial charge in [0.15, 0.2) is 0 Å². The number of ether oxygens (including phenoxy) is 1. The fourth-order valence-corrected chi connectivity index (χ4v) is 3.94. The number of rotatable bonds is 7. The van der Waals surface area contributed by atoms with E-state index in [9.17, 15) is 14.4 Å². The van der Waals surface area contributed by atoms with Crippen LogP contribution in [0.25, 0.3) is 11.0 Å². The molecule has 0 saturated carbocycles. The van der Waals surface area contributed by atoms with Crippen LogP contribution in [0, 0.1) is 0 Å². The minimum atomic E-state index is -0.537. The van der Waals surface area contributed by atoms with Crippen LogP contribution in [0.3, 0.4) is 0 Å². The number of thiophene rings is 1. The molecule has 9 heteroatoms. The Morgan fingerprint density at radius 1 is 0.939 bits per heavy atom. The van der Waals surface area contributed by atoms with Crippen LogP contribution in [0.2, 0.25) is 0 Å². The predicted octanol–water partition coefficient (Wildman–Crippen LogP) is 3.59. The second kappa shape index (κ2) is 10.0. The zero-order valence-corrected chi connectivity index (χ0v) is 18.5. The molecule has 4 rings (SSSR count). The van der Waals surface area contributed by atoms with Crippen molar-refractivity contribution in [2.45, 2.75) is 13.0 Å². The first-order valence-corrected chi connectivity index (χ1v) is 11.0. The molecule has 0 saturated heterocycles. The molecule has 0 fully saturated rings. The number of nitrogens with one attached hydrogen (secondary N) is 2. The Morgan fingerprint density at radius 3 is 2.52 bits per heavy atom. The third-order valence-electron chi connectivity index (χ3n) is 4.83. The first-order chi connectivity index (χ1) is 16.0. The molecule has 33 heavy (non-hydrogen) atoms. The Morgan fingerprint density at radius 2 is 1.76 bits per heavy atom. The van der Waals surface area contributed by atoms with Crippen LogP contribution in [-0.2, 0) is 22.5 Å². The molecule has 0 atom stereocenters. The van der Waals surface area contributed by atoms with Gasteiger partial charge in [0.25, 0.3) is 5.91 Å². The third-order valence-corrected chi connectivity index (χ3v) is 5.56. The number of benzene rings is 2. The summed E-state index contributed by atoms with van der Waals surface area (Å²) in [5.41, 5.74) is 4.03. The van der Waals surface area contributed by atoms with E-state index in [0.717, 1.165) is 5.56 Å². The number of methoxy groups -OCH3 is 1. The van der Waals surface area contributed by atoms with Gasteiger partial charge >= 0.3 is 5.97 Å². The molecule has 0 aliphatic heterocycles. The summed E-state index contributed by atoms with van der Waals surface area (Å²) in [6.45, 7) is 0.148. The zero-order chi connectivity index (χ0) is 23.2. The summed E-state index contributed by atoms with van der Waals surface area (Å²) < 4.78 is 4.82. The highest BCUT2D eigenvalue weighted by Gasteiger charge is 2.13. The molecule has 4 aromatic rings. The largest absolute Gasteiger partial charge is 0.465 e. The van der Waals surface area contributed by atoms with E-state index in [4.69, 9.17) is 4.74 Å². The Balaban J connectivity index is 1.49. The molecule has 0 spiro atoms. The first kappa shape index (κ1) is 22.1.